The van der Waals surface area contributed by atoms with Crippen LogP contribution >= 0.6 is 11.8 Å². The van der Waals surface area contributed by atoms with Gasteiger partial charge in [-0.15, -0.1) is 10.2 Å². The standard InChI is InChI=1S/C22H27N5O2S/c1-14(2)17-8-10-18(11-9-17)24-20(28)13-30-22-26-25-19(27(22)23)12-29-21-15(3)6-5-7-16(21)4/h5-11,14H,12-13,23H2,1-4H3,(H,24,28). The Kier molecular flexibility index (Phi) is 6.99. The molecule has 0 bridgehead atoms. The second kappa shape index (κ2) is 9.67. The number of anilines is 1. The molecule has 0 radical (unpaired) electrons. The molecule has 30 heavy (non-hydrogen) atoms. The zero-order chi connectivity index (χ0) is 21.7. The largest absolute Gasteiger partial charge is 0.485 e. The van der Waals surface area contributed by atoms with Crippen LogP contribution in [0.4, 0.5) is 5.69 Å². The zero-order valence-corrected chi connectivity index (χ0v) is 18.5. The summed E-state index contributed by atoms with van der Waals surface area (Å²) in [5.41, 5.74) is 4.09. The summed E-state index contributed by atoms with van der Waals surface area (Å²) in [5.74, 6) is 7.90. The van der Waals surface area contributed by atoms with E-state index in [9.17, 15) is 4.79 Å². The lowest BCUT2D eigenvalue weighted by Gasteiger charge is -2.11. The molecule has 0 atom stereocenters. The lowest BCUT2D eigenvalue weighted by Crippen LogP contribution is -2.18. The number of hydrogen-bond donors (Lipinski definition) is 2. The Hall–Kier alpha value is -3.00. The molecule has 1 aromatic heterocycles. The lowest BCUT2D eigenvalue weighted by molar-refractivity contribution is -0.113. The van der Waals surface area contributed by atoms with Crippen molar-refractivity contribution < 1.29 is 9.53 Å². The molecule has 1 amide bonds. The Morgan fingerprint density at radius 3 is 2.43 bits per heavy atom. The van der Waals surface area contributed by atoms with Crippen LogP contribution in [0.15, 0.2) is 47.6 Å². The van der Waals surface area contributed by atoms with Gasteiger partial charge in [-0.3, -0.25) is 4.79 Å². The number of thioether (sulfide) groups is 1. The first-order valence-corrected chi connectivity index (χ1v) is 10.7. The third-order valence-electron chi connectivity index (χ3n) is 4.68. The monoisotopic (exact) mass is 425 g/mol. The molecule has 0 aliphatic rings. The molecular formula is C22H27N5O2S. The summed E-state index contributed by atoms with van der Waals surface area (Å²) >= 11 is 1.23. The Labute approximate surface area is 181 Å². The van der Waals surface area contributed by atoms with E-state index in [1.165, 1.54) is 22.0 Å². The summed E-state index contributed by atoms with van der Waals surface area (Å²) < 4.78 is 7.25. The van der Waals surface area contributed by atoms with E-state index < -0.39 is 0 Å². The number of ether oxygens (including phenoxy) is 1. The topological polar surface area (TPSA) is 95.1 Å². The van der Waals surface area contributed by atoms with Gasteiger partial charge in [0.1, 0.15) is 12.4 Å². The Morgan fingerprint density at radius 2 is 1.80 bits per heavy atom. The van der Waals surface area contributed by atoms with Crippen molar-refractivity contribution in [2.75, 3.05) is 16.9 Å². The minimum Gasteiger partial charge on any atom is -0.485 e. The fourth-order valence-electron chi connectivity index (χ4n) is 2.95. The van der Waals surface area contributed by atoms with Crippen LogP contribution in [0.1, 0.15) is 42.3 Å². The highest BCUT2D eigenvalue weighted by Crippen LogP contribution is 2.24. The van der Waals surface area contributed by atoms with Gasteiger partial charge in [0.15, 0.2) is 5.82 Å². The van der Waals surface area contributed by atoms with E-state index in [1.807, 2.05) is 56.3 Å². The molecule has 8 heteroatoms. The molecule has 0 aliphatic carbocycles. The van der Waals surface area contributed by atoms with Crippen LogP contribution in [0.25, 0.3) is 0 Å². The highest BCUT2D eigenvalue weighted by molar-refractivity contribution is 7.99. The molecule has 7 nitrogen and oxygen atoms in total. The Bertz CT molecular complexity index is 995. The molecular weight excluding hydrogens is 398 g/mol. The number of aromatic nitrogens is 3. The van der Waals surface area contributed by atoms with E-state index in [0.717, 1.165) is 22.6 Å². The highest BCUT2D eigenvalue weighted by Gasteiger charge is 2.14. The van der Waals surface area contributed by atoms with Crippen molar-refractivity contribution >= 4 is 23.4 Å². The second-order valence-electron chi connectivity index (χ2n) is 7.39. The number of nitrogens with one attached hydrogen (secondary N) is 1. The molecule has 3 N–H and O–H groups in total. The summed E-state index contributed by atoms with van der Waals surface area (Å²) in [4.78, 5) is 12.3. The Morgan fingerprint density at radius 1 is 1.13 bits per heavy atom. The summed E-state index contributed by atoms with van der Waals surface area (Å²) in [6.45, 7) is 8.45. The maximum atomic E-state index is 12.3. The first kappa shape index (κ1) is 21.7. The number of amides is 1. The first-order valence-electron chi connectivity index (χ1n) is 9.76. The van der Waals surface area contributed by atoms with Crippen LogP contribution in [0.5, 0.6) is 5.75 Å². The number of aryl methyl sites for hydroxylation is 2. The minimum atomic E-state index is -0.131. The van der Waals surface area contributed by atoms with Gasteiger partial charge < -0.3 is 15.9 Å². The molecule has 2 aromatic carbocycles. The van der Waals surface area contributed by atoms with Gasteiger partial charge in [-0.1, -0.05) is 55.9 Å². The van der Waals surface area contributed by atoms with Gasteiger partial charge in [0, 0.05) is 5.69 Å². The van der Waals surface area contributed by atoms with Crippen LogP contribution in [0.3, 0.4) is 0 Å². The smallest absolute Gasteiger partial charge is 0.234 e. The average molecular weight is 426 g/mol. The third kappa shape index (κ3) is 5.33. The summed E-state index contributed by atoms with van der Waals surface area (Å²) in [5, 5.41) is 11.5. The summed E-state index contributed by atoms with van der Waals surface area (Å²) in [6, 6.07) is 13.8. The van der Waals surface area contributed by atoms with Crippen LogP contribution in [0.2, 0.25) is 0 Å². The van der Waals surface area contributed by atoms with Gasteiger partial charge in [0.2, 0.25) is 11.1 Å². The molecule has 3 aromatic rings. The molecule has 0 unspecified atom stereocenters. The van der Waals surface area contributed by atoms with Crippen molar-refractivity contribution in [3.63, 3.8) is 0 Å². The van der Waals surface area contributed by atoms with Crippen LogP contribution in [-0.2, 0) is 11.4 Å². The van der Waals surface area contributed by atoms with E-state index in [4.69, 9.17) is 10.6 Å². The number of nitrogens with two attached hydrogens (primary N) is 1. The normalized spacial score (nSPS) is 11.0. The fourth-order valence-corrected chi connectivity index (χ4v) is 3.62. The molecule has 3 rings (SSSR count). The number of carbonyl (C=O) groups excluding carboxylic acids is 1. The molecule has 0 saturated carbocycles. The highest BCUT2D eigenvalue weighted by atomic mass is 32.2. The minimum absolute atomic E-state index is 0.131. The summed E-state index contributed by atoms with van der Waals surface area (Å²) in [7, 11) is 0. The van der Waals surface area contributed by atoms with Crippen LogP contribution in [0, 0.1) is 13.8 Å². The first-order chi connectivity index (χ1) is 14.3. The Balaban J connectivity index is 1.54. The molecule has 1 heterocycles. The van der Waals surface area contributed by atoms with Crippen molar-refractivity contribution in [3.05, 3.63) is 65.0 Å². The number of para-hydroxylation sites is 1. The van der Waals surface area contributed by atoms with Crippen molar-refractivity contribution in [2.45, 2.75) is 45.4 Å². The predicted molar refractivity (Wildman–Crippen MR) is 120 cm³/mol. The van der Waals surface area contributed by atoms with E-state index >= 15 is 0 Å². The van der Waals surface area contributed by atoms with Gasteiger partial charge in [0.05, 0.1) is 5.75 Å². The van der Waals surface area contributed by atoms with Crippen LogP contribution in [-0.4, -0.2) is 26.5 Å². The van der Waals surface area contributed by atoms with Crippen molar-refractivity contribution in [2.24, 2.45) is 0 Å². The van der Waals surface area contributed by atoms with Gasteiger partial charge in [0.25, 0.3) is 0 Å². The number of nitrogens with zero attached hydrogens (tertiary/aromatic N) is 3. The number of hydrogen-bond acceptors (Lipinski definition) is 6. The molecule has 0 fully saturated rings. The lowest BCUT2D eigenvalue weighted by atomic mass is 10.0. The second-order valence-corrected chi connectivity index (χ2v) is 8.33. The maximum absolute atomic E-state index is 12.3. The third-order valence-corrected chi connectivity index (χ3v) is 5.63. The quantitative estimate of drug-likeness (QED) is 0.418. The van der Waals surface area contributed by atoms with Gasteiger partial charge in [-0.05, 0) is 48.6 Å². The molecule has 158 valence electrons. The maximum Gasteiger partial charge on any atom is 0.234 e. The number of carbonyl (C=O) groups is 1. The van der Waals surface area contributed by atoms with Crippen molar-refractivity contribution in [1.29, 1.82) is 0 Å². The number of rotatable bonds is 8. The van der Waals surface area contributed by atoms with Gasteiger partial charge >= 0.3 is 0 Å². The van der Waals surface area contributed by atoms with Crippen molar-refractivity contribution in [3.8, 4) is 5.75 Å². The molecule has 0 aliphatic heterocycles. The number of nitrogen functional groups attached to an aromatic ring is 1. The van der Waals surface area contributed by atoms with Crippen LogP contribution < -0.4 is 15.9 Å². The SMILES string of the molecule is Cc1cccc(C)c1OCc1nnc(SCC(=O)Nc2ccc(C(C)C)cc2)n1N. The van der Waals surface area contributed by atoms with Crippen molar-refractivity contribution in [1.82, 2.24) is 14.9 Å². The zero-order valence-electron chi connectivity index (χ0n) is 17.7. The van der Waals surface area contributed by atoms with Gasteiger partial charge in [-0.25, -0.2) is 4.68 Å². The van der Waals surface area contributed by atoms with Gasteiger partial charge in [-0.2, -0.15) is 0 Å². The predicted octanol–water partition coefficient (Wildman–Crippen LogP) is 4.04. The number of benzene rings is 2. The van der Waals surface area contributed by atoms with E-state index in [-0.39, 0.29) is 18.3 Å². The molecule has 0 spiro atoms. The average Bonchev–Trinajstić information content (AvgIpc) is 3.06. The van der Waals surface area contributed by atoms with E-state index in [1.54, 1.807) is 0 Å². The fraction of sp³-hybridized carbons (Fsp3) is 0.318. The van der Waals surface area contributed by atoms with E-state index in [2.05, 4.69) is 29.4 Å². The molecule has 0 saturated heterocycles. The summed E-state index contributed by atoms with van der Waals surface area (Å²) in [6.07, 6.45) is 0. The van der Waals surface area contributed by atoms with E-state index in [0.29, 0.717) is 16.9 Å².